The van der Waals surface area contributed by atoms with E-state index in [1.54, 1.807) is 0 Å². The van der Waals surface area contributed by atoms with Gasteiger partial charge in [0.1, 0.15) is 36.9 Å². The fourth-order valence-electron chi connectivity index (χ4n) is 7.51. The predicted molar refractivity (Wildman–Crippen MR) is 121 cm³/mol. The van der Waals surface area contributed by atoms with Crippen molar-refractivity contribution < 1.29 is 18.9 Å². The molecule has 8 rings (SSSR count). The highest BCUT2D eigenvalue weighted by molar-refractivity contribution is 5.54. The molecule has 4 bridgehead atoms. The minimum absolute atomic E-state index is 0.0462. The molecule has 2 heterocycles. The summed E-state index contributed by atoms with van der Waals surface area (Å²) in [7, 11) is 0. The smallest absolute Gasteiger partial charge is 0.123 e. The molecular formula is C28H32O4. The SMILES string of the molecule is c1ccc(C2(c3ccccc3OCC3CO3)C3CC4CC(C3)CC2C4)c(OCC2CO2)c1. The van der Waals surface area contributed by atoms with Crippen LogP contribution in [0.3, 0.4) is 0 Å². The molecule has 0 aromatic heterocycles. The first-order valence-corrected chi connectivity index (χ1v) is 12.5. The van der Waals surface area contributed by atoms with E-state index in [2.05, 4.69) is 48.5 Å². The topological polar surface area (TPSA) is 43.5 Å². The van der Waals surface area contributed by atoms with Gasteiger partial charge < -0.3 is 18.9 Å². The van der Waals surface area contributed by atoms with Gasteiger partial charge in [0.05, 0.1) is 13.2 Å². The highest BCUT2D eigenvalue weighted by atomic mass is 16.6. The molecule has 4 nitrogen and oxygen atoms in total. The number of epoxide rings is 2. The van der Waals surface area contributed by atoms with Crippen LogP contribution in [0.25, 0.3) is 0 Å². The van der Waals surface area contributed by atoms with E-state index in [4.69, 9.17) is 18.9 Å². The van der Waals surface area contributed by atoms with Gasteiger partial charge in [0.15, 0.2) is 0 Å². The summed E-state index contributed by atoms with van der Waals surface area (Å²) < 4.78 is 23.7. The minimum atomic E-state index is -0.0462. The first-order chi connectivity index (χ1) is 15.8. The maximum absolute atomic E-state index is 6.43. The lowest BCUT2D eigenvalue weighted by atomic mass is 9.42. The highest BCUT2D eigenvalue weighted by Crippen LogP contribution is 2.67. The van der Waals surface area contributed by atoms with Gasteiger partial charge in [-0.1, -0.05) is 36.4 Å². The van der Waals surface area contributed by atoms with Crippen LogP contribution in [0.1, 0.15) is 43.2 Å². The van der Waals surface area contributed by atoms with E-state index in [0.29, 0.717) is 25.0 Å². The lowest BCUT2D eigenvalue weighted by Crippen LogP contribution is -2.56. The van der Waals surface area contributed by atoms with E-state index >= 15 is 0 Å². The summed E-state index contributed by atoms with van der Waals surface area (Å²) >= 11 is 0. The van der Waals surface area contributed by atoms with Gasteiger partial charge in [-0.25, -0.2) is 0 Å². The molecule has 0 N–H and O–H groups in total. The molecule has 0 amide bonds. The third-order valence-electron chi connectivity index (χ3n) is 8.75. The molecule has 2 aliphatic heterocycles. The molecule has 2 atom stereocenters. The largest absolute Gasteiger partial charge is 0.490 e. The highest BCUT2D eigenvalue weighted by Gasteiger charge is 2.60. The summed E-state index contributed by atoms with van der Waals surface area (Å²) in [5, 5.41) is 0. The average molecular weight is 433 g/mol. The van der Waals surface area contributed by atoms with Crippen molar-refractivity contribution in [1.82, 2.24) is 0 Å². The molecular weight excluding hydrogens is 400 g/mol. The van der Waals surface area contributed by atoms with E-state index in [-0.39, 0.29) is 17.6 Å². The molecule has 2 saturated heterocycles. The molecule has 6 aliphatic rings. The van der Waals surface area contributed by atoms with E-state index in [1.165, 1.54) is 43.2 Å². The van der Waals surface area contributed by atoms with Crippen LogP contribution in [0.4, 0.5) is 0 Å². The Labute approximate surface area is 190 Å². The Morgan fingerprint density at radius 3 is 1.53 bits per heavy atom. The summed E-state index contributed by atoms with van der Waals surface area (Å²) in [6, 6.07) is 17.6. The number of para-hydroxylation sites is 2. The predicted octanol–water partition coefficient (Wildman–Crippen LogP) is 4.98. The minimum Gasteiger partial charge on any atom is -0.490 e. The first-order valence-electron chi connectivity index (χ1n) is 12.5. The van der Waals surface area contributed by atoms with Gasteiger partial charge in [0.25, 0.3) is 0 Å². The molecule has 6 fully saturated rings. The number of hydrogen-bond donors (Lipinski definition) is 0. The van der Waals surface area contributed by atoms with E-state index in [9.17, 15) is 0 Å². The van der Waals surface area contributed by atoms with Gasteiger partial charge in [0, 0.05) is 16.5 Å². The average Bonchev–Trinajstić information content (AvgIpc) is 3.73. The normalized spacial score (nSPS) is 38.5. The molecule has 32 heavy (non-hydrogen) atoms. The van der Waals surface area contributed by atoms with Gasteiger partial charge in [-0.2, -0.15) is 0 Å². The van der Waals surface area contributed by atoms with Crippen molar-refractivity contribution in [1.29, 1.82) is 0 Å². The molecule has 0 radical (unpaired) electrons. The zero-order valence-electron chi connectivity index (χ0n) is 18.6. The maximum Gasteiger partial charge on any atom is 0.123 e. The van der Waals surface area contributed by atoms with Gasteiger partial charge >= 0.3 is 0 Å². The van der Waals surface area contributed by atoms with Gasteiger partial charge in [0.2, 0.25) is 0 Å². The Morgan fingerprint density at radius 1 is 0.656 bits per heavy atom. The summed E-state index contributed by atoms with van der Waals surface area (Å²) in [5.41, 5.74) is 2.69. The van der Waals surface area contributed by atoms with Crippen LogP contribution in [-0.2, 0) is 14.9 Å². The number of rotatable bonds is 8. The Kier molecular flexibility index (Phi) is 4.55. The second-order valence-electron chi connectivity index (χ2n) is 10.7. The van der Waals surface area contributed by atoms with Crippen LogP contribution in [0.5, 0.6) is 11.5 Å². The number of benzene rings is 2. The molecule has 0 spiro atoms. The van der Waals surface area contributed by atoms with Crippen molar-refractivity contribution >= 4 is 0 Å². The van der Waals surface area contributed by atoms with E-state index in [0.717, 1.165) is 36.5 Å². The molecule has 168 valence electrons. The second kappa shape index (κ2) is 7.50. The quantitative estimate of drug-likeness (QED) is 0.552. The van der Waals surface area contributed by atoms with E-state index < -0.39 is 0 Å². The van der Waals surface area contributed by atoms with Crippen molar-refractivity contribution in [2.75, 3.05) is 26.4 Å². The molecule has 4 heteroatoms. The van der Waals surface area contributed by atoms with Crippen LogP contribution in [0.2, 0.25) is 0 Å². The van der Waals surface area contributed by atoms with Crippen LogP contribution in [0.15, 0.2) is 48.5 Å². The van der Waals surface area contributed by atoms with Crippen LogP contribution in [-0.4, -0.2) is 38.6 Å². The van der Waals surface area contributed by atoms with Crippen molar-refractivity contribution in [3.05, 3.63) is 59.7 Å². The second-order valence-corrected chi connectivity index (χ2v) is 10.7. The molecule has 2 unspecified atom stereocenters. The zero-order valence-corrected chi connectivity index (χ0v) is 18.6. The lowest BCUT2D eigenvalue weighted by Gasteiger charge is -2.62. The van der Waals surface area contributed by atoms with Gasteiger partial charge in [-0.3, -0.25) is 0 Å². The third-order valence-corrected chi connectivity index (χ3v) is 8.75. The maximum atomic E-state index is 6.43. The van der Waals surface area contributed by atoms with Crippen molar-refractivity contribution in [3.8, 4) is 11.5 Å². The van der Waals surface area contributed by atoms with E-state index in [1.807, 2.05) is 0 Å². The Balaban J connectivity index is 1.37. The van der Waals surface area contributed by atoms with Crippen LogP contribution in [0, 0.1) is 23.7 Å². The summed E-state index contributed by atoms with van der Waals surface area (Å²) in [6.45, 7) is 2.93. The van der Waals surface area contributed by atoms with Gasteiger partial charge in [-0.05, 0) is 67.9 Å². The van der Waals surface area contributed by atoms with Crippen molar-refractivity contribution in [2.24, 2.45) is 23.7 Å². The summed E-state index contributed by atoms with van der Waals surface area (Å²) in [4.78, 5) is 0. The fourth-order valence-corrected chi connectivity index (χ4v) is 7.51. The summed E-state index contributed by atoms with van der Waals surface area (Å²) in [5.74, 6) is 5.15. The van der Waals surface area contributed by atoms with Gasteiger partial charge in [-0.15, -0.1) is 0 Å². The lowest BCUT2D eigenvalue weighted by molar-refractivity contribution is -0.0437. The first kappa shape index (κ1) is 19.4. The molecule has 4 saturated carbocycles. The fraction of sp³-hybridized carbons (Fsp3) is 0.571. The third kappa shape index (κ3) is 3.18. The van der Waals surface area contributed by atoms with Crippen LogP contribution < -0.4 is 9.47 Å². The molecule has 4 aliphatic carbocycles. The Hall–Kier alpha value is -2.04. The Morgan fingerprint density at radius 2 is 1.09 bits per heavy atom. The number of hydrogen-bond acceptors (Lipinski definition) is 4. The van der Waals surface area contributed by atoms with Crippen molar-refractivity contribution in [2.45, 2.75) is 49.7 Å². The molecule has 2 aromatic carbocycles. The zero-order chi connectivity index (χ0) is 21.1. The van der Waals surface area contributed by atoms with Crippen LogP contribution >= 0.6 is 0 Å². The summed E-state index contributed by atoms with van der Waals surface area (Å²) in [6.07, 6.45) is 7.26. The standard InChI is InChI=1S/C28H32O4/c1-3-7-26(31-16-22-14-29-22)24(5-1)28(20-10-18-9-19(12-20)13-21(28)11-18)25-6-2-4-8-27(25)32-17-23-15-30-23/h1-8,18-23H,9-17H2. The monoisotopic (exact) mass is 432 g/mol. The Bertz CT molecular complexity index is 903. The van der Waals surface area contributed by atoms with Crippen molar-refractivity contribution in [3.63, 3.8) is 0 Å². The molecule has 2 aromatic rings. The number of ether oxygens (including phenoxy) is 4.